The zero-order valence-corrected chi connectivity index (χ0v) is 17.8. The number of amides is 1. The summed E-state index contributed by atoms with van der Waals surface area (Å²) in [6.45, 7) is 10.4. The Kier molecular flexibility index (Phi) is 7.11. The third kappa shape index (κ3) is 4.93. The van der Waals surface area contributed by atoms with Crippen LogP contribution in [0.2, 0.25) is 5.02 Å². The van der Waals surface area contributed by atoms with Gasteiger partial charge < -0.3 is 5.32 Å². The van der Waals surface area contributed by atoms with E-state index in [1.165, 1.54) is 11.1 Å². The highest BCUT2D eigenvalue weighted by Crippen LogP contribution is 2.28. The van der Waals surface area contributed by atoms with E-state index in [0.29, 0.717) is 6.54 Å². The van der Waals surface area contributed by atoms with Crippen molar-refractivity contribution in [2.75, 3.05) is 38.0 Å². The molecule has 28 heavy (non-hydrogen) atoms. The van der Waals surface area contributed by atoms with Gasteiger partial charge in [0, 0.05) is 42.9 Å². The summed E-state index contributed by atoms with van der Waals surface area (Å²) in [6.07, 6.45) is 0.913. The van der Waals surface area contributed by atoms with Gasteiger partial charge in [0.05, 0.1) is 6.54 Å². The lowest BCUT2D eigenvalue weighted by atomic mass is 10.1. The van der Waals surface area contributed by atoms with E-state index in [1.54, 1.807) is 0 Å². The van der Waals surface area contributed by atoms with Gasteiger partial charge in [-0.15, -0.1) is 0 Å². The Morgan fingerprint density at radius 3 is 2.50 bits per heavy atom. The molecule has 0 aromatic heterocycles. The maximum absolute atomic E-state index is 12.6. The van der Waals surface area contributed by atoms with E-state index in [1.807, 2.05) is 37.3 Å². The van der Waals surface area contributed by atoms with E-state index in [0.717, 1.165) is 48.9 Å². The Balaban J connectivity index is 1.53. The van der Waals surface area contributed by atoms with Crippen LogP contribution in [0.25, 0.3) is 0 Å². The van der Waals surface area contributed by atoms with Crippen molar-refractivity contribution in [2.24, 2.45) is 0 Å². The number of nitrogens with one attached hydrogen (secondary N) is 1. The van der Waals surface area contributed by atoms with Gasteiger partial charge in [-0.2, -0.15) is 0 Å². The minimum Gasteiger partial charge on any atom is -0.324 e. The van der Waals surface area contributed by atoms with E-state index in [-0.39, 0.29) is 11.9 Å². The number of rotatable bonds is 6. The van der Waals surface area contributed by atoms with Crippen LogP contribution >= 0.6 is 11.6 Å². The van der Waals surface area contributed by atoms with E-state index in [2.05, 4.69) is 41.1 Å². The third-order valence-electron chi connectivity index (χ3n) is 5.68. The first-order valence-electron chi connectivity index (χ1n) is 10.1. The number of nitrogens with zero attached hydrogens (tertiary/aromatic N) is 2. The smallest absolute Gasteiger partial charge is 0.238 e. The topological polar surface area (TPSA) is 35.6 Å². The van der Waals surface area contributed by atoms with Gasteiger partial charge in [0.25, 0.3) is 0 Å². The number of anilines is 1. The molecular formula is C23H30ClN3O. The number of benzene rings is 2. The molecular weight excluding hydrogens is 370 g/mol. The minimum absolute atomic E-state index is 0.0663. The van der Waals surface area contributed by atoms with Gasteiger partial charge in [0.1, 0.15) is 0 Å². The molecule has 1 unspecified atom stereocenters. The van der Waals surface area contributed by atoms with Crippen molar-refractivity contribution in [3.8, 4) is 0 Å². The lowest BCUT2D eigenvalue weighted by Gasteiger charge is -2.38. The largest absolute Gasteiger partial charge is 0.324 e. The number of halogens is 1. The van der Waals surface area contributed by atoms with Crippen LogP contribution in [0.3, 0.4) is 0 Å². The number of hydrogen-bond donors (Lipinski definition) is 1. The predicted octanol–water partition coefficient (Wildman–Crippen LogP) is 4.53. The van der Waals surface area contributed by atoms with Crippen LogP contribution in [0.4, 0.5) is 5.69 Å². The molecule has 1 amide bonds. The molecule has 2 aromatic rings. The summed E-state index contributed by atoms with van der Waals surface area (Å²) >= 11 is 6.36. The molecule has 3 rings (SSSR count). The molecule has 0 aliphatic carbocycles. The van der Waals surface area contributed by atoms with Crippen molar-refractivity contribution in [1.82, 2.24) is 9.80 Å². The Morgan fingerprint density at radius 2 is 1.82 bits per heavy atom. The molecule has 4 nitrogen and oxygen atoms in total. The summed E-state index contributed by atoms with van der Waals surface area (Å²) in [5.41, 5.74) is 4.45. The van der Waals surface area contributed by atoms with E-state index in [9.17, 15) is 4.79 Å². The van der Waals surface area contributed by atoms with E-state index >= 15 is 0 Å². The predicted molar refractivity (Wildman–Crippen MR) is 117 cm³/mol. The Bertz CT molecular complexity index is 815. The second kappa shape index (κ2) is 9.55. The van der Waals surface area contributed by atoms with Gasteiger partial charge in [-0.05, 0) is 43.0 Å². The molecule has 1 aliphatic heterocycles. The molecule has 1 fully saturated rings. The van der Waals surface area contributed by atoms with Gasteiger partial charge >= 0.3 is 0 Å². The minimum atomic E-state index is 0.0663. The average molecular weight is 400 g/mol. The zero-order valence-electron chi connectivity index (χ0n) is 17.0. The summed E-state index contributed by atoms with van der Waals surface area (Å²) in [7, 11) is 0. The Labute approximate surface area is 173 Å². The molecule has 5 heteroatoms. The fraction of sp³-hybridized carbons (Fsp3) is 0.435. The number of carbonyl (C=O) groups is 1. The van der Waals surface area contributed by atoms with Crippen molar-refractivity contribution >= 4 is 23.2 Å². The number of carbonyl (C=O) groups excluding carboxylic acids is 1. The zero-order chi connectivity index (χ0) is 20.1. The van der Waals surface area contributed by atoms with Crippen molar-refractivity contribution in [3.05, 3.63) is 64.2 Å². The van der Waals surface area contributed by atoms with Crippen LogP contribution in [0.1, 0.15) is 36.6 Å². The molecule has 0 bridgehead atoms. The quantitative estimate of drug-likeness (QED) is 0.775. The molecule has 1 N–H and O–H groups in total. The monoisotopic (exact) mass is 399 g/mol. The molecule has 150 valence electrons. The maximum Gasteiger partial charge on any atom is 0.238 e. The second-order valence-electron chi connectivity index (χ2n) is 7.52. The van der Waals surface area contributed by atoms with Gasteiger partial charge in [0.2, 0.25) is 5.91 Å². The molecule has 1 aliphatic rings. The van der Waals surface area contributed by atoms with Crippen molar-refractivity contribution < 1.29 is 4.79 Å². The van der Waals surface area contributed by atoms with E-state index in [4.69, 9.17) is 11.6 Å². The average Bonchev–Trinajstić information content (AvgIpc) is 2.70. The van der Waals surface area contributed by atoms with Crippen LogP contribution in [0.15, 0.2) is 42.5 Å². The lowest BCUT2D eigenvalue weighted by molar-refractivity contribution is -0.117. The highest BCUT2D eigenvalue weighted by atomic mass is 35.5. The summed E-state index contributed by atoms with van der Waals surface area (Å²) in [4.78, 5) is 17.3. The van der Waals surface area contributed by atoms with E-state index < -0.39 is 0 Å². The lowest BCUT2D eigenvalue weighted by Crippen LogP contribution is -2.49. The SMILES string of the molecule is CCc1cccc(C)c1NC(=O)CN1CCN(C(C)c2ccccc2Cl)CC1. The molecule has 1 heterocycles. The third-order valence-corrected chi connectivity index (χ3v) is 6.03. The summed E-state index contributed by atoms with van der Waals surface area (Å²) in [5, 5.41) is 3.95. The van der Waals surface area contributed by atoms with Crippen LogP contribution in [-0.4, -0.2) is 48.4 Å². The van der Waals surface area contributed by atoms with Gasteiger partial charge in [0.15, 0.2) is 0 Å². The van der Waals surface area contributed by atoms with Gasteiger partial charge in [-0.3, -0.25) is 14.6 Å². The number of hydrogen-bond acceptors (Lipinski definition) is 3. The number of piperazine rings is 1. The summed E-state index contributed by atoms with van der Waals surface area (Å²) < 4.78 is 0. The number of aryl methyl sites for hydroxylation is 2. The van der Waals surface area contributed by atoms with Crippen LogP contribution < -0.4 is 5.32 Å². The molecule has 1 atom stereocenters. The maximum atomic E-state index is 12.6. The fourth-order valence-corrected chi connectivity index (χ4v) is 4.20. The normalized spacial score (nSPS) is 16.7. The van der Waals surface area contributed by atoms with Crippen LogP contribution in [0, 0.1) is 6.92 Å². The first-order valence-corrected chi connectivity index (χ1v) is 10.5. The second-order valence-corrected chi connectivity index (χ2v) is 7.93. The van der Waals surface area contributed by atoms with Gasteiger partial charge in [-0.1, -0.05) is 54.9 Å². The van der Waals surface area contributed by atoms with Crippen LogP contribution in [0.5, 0.6) is 0 Å². The Hall–Kier alpha value is -1.88. The van der Waals surface area contributed by atoms with Crippen molar-refractivity contribution in [2.45, 2.75) is 33.2 Å². The van der Waals surface area contributed by atoms with Crippen molar-refractivity contribution in [1.29, 1.82) is 0 Å². The van der Waals surface area contributed by atoms with Gasteiger partial charge in [-0.25, -0.2) is 0 Å². The van der Waals surface area contributed by atoms with Crippen LogP contribution in [-0.2, 0) is 11.2 Å². The first kappa shape index (κ1) is 20.8. The highest BCUT2D eigenvalue weighted by Gasteiger charge is 2.24. The molecule has 0 spiro atoms. The Morgan fingerprint density at radius 1 is 1.11 bits per heavy atom. The molecule has 0 saturated carbocycles. The summed E-state index contributed by atoms with van der Waals surface area (Å²) in [6, 6.07) is 14.5. The molecule has 2 aromatic carbocycles. The first-order chi connectivity index (χ1) is 13.5. The van der Waals surface area contributed by atoms with Crippen molar-refractivity contribution in [3.63, 3.8) is 0 Å². The number of para-hydroxylation sites is 1. The molecule has 0 radical (unpaired) electrons. The highest BCUT2D eigenvalue weighted by molar-refractivity contribution is 6.31. The summed E-state index contributed by atoms with van der Waals surface area (Å²) in [5.74, 6) is 0.0663. The standard InChI is InChI=1S/C23H30ClN3O/c1-4-19-9-7-8-17(2)23(19)25-22(28)16-26-12-14-27(15-13-26)18(3)20-10-5-6-11-21(20)24/h5-11,18H,4,12-16H2,1-3H3,(H,25,28). The fourth-order valence-electron chi connectivity index (χ4n) is 3.90. The molecule has 1 saturated heterocycles.